The number of aromatic nitrogens is 1. The lowest BCUT2D eigenvalue weighted by molar-refractivity contribution is -0.111. The summed E-state index contributed by atoms with van der Waals surface area (Å²) < 4.78 is 6.27. The summed E-state index contributed by atoms with van der Waals surface area (Å²) in [5.41, 5.74) is 1.73. The lowest BCUT2D eigenvalue weighted by atomic mass is 10.1. The molecule has 142 valence electrons. The highest BCUT2D eigenvalue weighted by Crippen LogP contribution is 2.25. The summed E-state index contributed by atoms with van der Waals surface area (Å²) in [6.45, 7) is 0. The Balaban J connectivity index is 1.50. The second-order valence-corrected chi connectivity index (χ2v) is 7.56. The smallest absolute Gasteiger partial charge is 0.253 e. The van der Waals surface area contributed by atoms with Crippen LogP contribution in [0.2, 0.25) is 0 Å². The Bertz CT molecular complexity index is 1040. The summed E-state index contributed by atoms with van der Waals surface area (Å²) in [5.74, 6) is 0.0145. The highest BCUT2D eigenvalue weighted by molar-refractivity contribution is 7.19. The number of hydrogen-bond acceptors (Lipinski definition) is 5. The Hall–Kier alpha value is -3.19. The Labute approximate surface area is 166 Å². The van der Waals surface area contributed by atoms with Gasteiger partial charge in [0.25, 0.3) is 5.91 Å². The van der Waals surface area contributed by atoms with Gasteiger partial charge in [0.1, 0.15) is 10.8 Å². The van der Waals surface area contributed by atoms with E-state index in [2.05, 4.69) is 15.6 Å². The van der Waals surface area contributed by atoms with Crippen LogP contribution in [0, 0.1) is 0 Å². The van der Waals surface area contributed by atoms with Gasteiger partial charge in [-0.15, -0.1) is 11.3 Å². The van der Waals surface area contributed by atoms with Gasteiger partial charge in [0.05, 0.1) is 28.6 Å². The predicted molar refractivity (Wildman–Crippen MR) is 111 cm³/mol. The van der Waals surface area contributed by atoms with Gasteiger partial charge < -0.3 is 15.4 Å². The van der Waals surface area contributed by atoms with Crippen molar-refractivity contribution >= 4 is 45.1 Å². The molecule has 1 heterocycles. The number of para-hydroxylation sites is 1. The molecule has 0 aliphatic heterocycles. The van der Waals surface area contributed by atoms with Crippen molar-refractivity contribution in [3.8, 4) is 5.75 Å². The molecule has 2 aromatic carbocycles. The molecule has 7 heteroatoms. The predicted octanol–water partition coefficient (Wildman–Crippen LogP) is 3.85. The third-order valence-electron chi connectivity index (χ3n) is 4.33. The van der Waals surface area contributed by atoms with Gasteiger partial charge in [-0.1, -0.05) is 12.1 Å². The van der Waals surface area contributed by atoms with Crippen molar-refractivity contribution in [2.45, 2.75) is 18.9 Å². The topological polar surface area (TPSA) is 80.3 Å². The molecule has 2 N–H and O–H groups in total. The minimum absolute atomic E-state index is 0.216. The third kappa shape index (κ3) is 4.20. The van der Waals surface area contributed by atoms with Crippen LogP contribution in [0.25, 0.3) is 16.3 Å². The molecule has 0 unspecified atom stereocenters. The van der Waals surface area contributed by atoms with Gasteiger partial charge in [-0.05, 0) is 49.2 Å². The molecule has 0 saturated heterocycles. The maximum Gasteiger partial charge on any atom is 0.253 e. The molecule has 3 aromatic rings. The number of benzene rings is 2. The van der Waals surface area contributed by atoms with Gasteiger partial charge in [-0.3, -0.25) is 9.59 Å². The van der Waals surface area contributed by atoms with Crippen molar-refractivity contribution in [1.82, 2.24) is 10.3 Å². The number of amides is 2. The van der Waals surface area contributed by atoms with Gasteiger partial charge in [-0.25, -0.2) is 4.98 Å². The fourth-order valence-electron chi connectivity index (χ4n) is 2.72. The molecule has 6 nitrogen and oxygen atoms in total. The summed E-state index contributed by atoms with van der Waals surface area (Å²) in [6.07, 6.45) is 5.07. The van der Waals surface area contributed by atoms with E-state index in [0.717, 1.165) is 28.1 Å². The molecule has 4 rings (SSSR count). The van der Waals surface area contributed by atoms with Gasteiger partial charge in [0.2, 0.25) is 5.91 Å². The van der Waals surface area contributed by atoms with Crippen LogP contribution >= 0.6 is 11.3 Å². The van der Waals surface area contributed by atoms with E-state index in [-0.39, 0.29) is 17.9 Å². The fraction of sp³-hybridized carbons (Fsp3) is 0.190. The van der Waals surface area contributed by atoms with Crippen LogP contribution in [-0.2, 0) is 4.79 Å². The van der Waals surface area contributed by atoms with E-state index in [1.54, 1.807) is 24.3 Å². The summed E-state index contributed by atoms with van der Waals surface area (Å²) >= 11 is 1.51. The Morgan fingerprint density at radius 1 is 1.21 bits per heavy atom. The molecule has 1 aromatic heterocycles. The van der Waals surface area contributed by atoms with Crippen LogP contribution in [-0.4, -0.2) is 29.9 Å². The van der Waals surface area contributed by atoms with Crippen LogP contribution < -0.4 is 15.4 Å². The van der Waals surface area contributed by atoms with E-state index in [1.165, 1.54) is 24.5 Å². The first-order valence-corrected chi connectivity index (χ1v) is 9.77. The second-order valence-electron chi connectivity index (χ2n) is 6.50. The van der Waals surface area contributed by atoms with Crippen molar-refractivity contribution in [1.29, 1.82) is 0 Å². The van der Waals surface area contributed by atoms with E-state index in [9.17, 15) is 9.59 Å². The fourth-order valence-corrected chi connectivity index (χ4v) is 3.59. The van der Waals surface area contributed by atoms with E-state index in [1.807, 2.05) is 24.3 Å². The first-order chi connectivity index (χ1) is 13.6. The number of anilines is 1. The van der Waals surface area contributed by atoms with Crippen molar-refractivity contribution in [3.05, 3.63) is 59.1 Å². The SMILES string of the molecule is COc1ccc(NC(=O)C=Cc2nc3ccccc3s2)c(C(=O)NC2CC2)c1. The molecule has 1 aliphatic carbocycles. The molecule has 0 bridgehead atoms. The first-order valence-electron chi connectivity index (χ1n) is 8.96. The minimum Gasteiger partial charge on any atom is -0.497 e. The lowest BCUT2D eigenvalue weighted by Gasteiger charge is -2.12. The summed E-state index contributed by atoms with van der Waals surface area (Å²) in [4.78, 5) is 29.4. The molecule has 0 radical (unpaired) electrons. The summed E-state index contributed by atoms with van der Waals surface area (Å²) in [7, 11) is 1.54. The standard InChI is InChI=1S/C21H19N3O3S/c1-27-14-8-9-16(15(12-14)21(26)22-13-6-7-13)23-19(25)10-11-20-24-17-4-2-3-5-18(17)28-20/h2-5,8-13H,6-7H2,1H3,(H,22,26)(H,23,25). The van der Waals surface area contributed by atoms with Crippen LogP contribution in [0.15, 0.2) is 48.5 Å². The van der Waals surface area contributed by atoms with Crippen molar-refractivity contribution < 1.29 is 14.3 Å². The van der Waals surface area contributed by atoms with E-state index in [0.29, 0.717) is 17.0 Å². The maximum absolute atomic E-state index is 12.5. The number of nitrogens with zero attached hydrogens (tertiary/aromatic N) is 1. The number of thiazole rings is 1. The van der Waals surface area contributed by atoms with Gasteiger partial charge >= 0.3 is 0 Å². The highest BCUT2D eigenvalue weighted by atomic mass is 32.1. The molecule has 1 fully saturated rings. The number of methoxy groups -OCH3 is 1. The van der Waals surface area contributed by atoms with E-state index < -0.39 is 0 Å². The highest BCUT2D eigenvalue weighted by Gasteiger charge is 2.25. The van der Waals surface area contributed by atoms with Crippen molar-refractivity contribution in [2.24, 2.45) is 0 Å². The minimum atomic E-state index is -0.329. The number of rotatable bonds is 6. The molecular weight excluding hydrogens is 374 g/mol. The zero-order chi connectivity index (χ0) is 19.5. The Morgan fingerprint density at radius 3 is 2.79 bits per heavy atom. The summed E-state index contributed by atoms with van der Waals surface area (Å²) in [5, 5.41) is 6.46. The average molecular weight is 393 g/mol. The zero-order valence-electron chi connectivity index (χ0n) is 15.3. The Morgan fingerprint density at radius 2 is 2.04 bits per heavy atom. The summed E-state index contributed by atoms with van der Waals surface area (Å²) in [6, 6.07) is 13.0. The number of carbonyl (C=O) groups excluding carboxylic acids is 2. The van der Waals surface area contributed by atoms with Crippen molar-refractivity contribution in [3.63, 3.8) is 0 Å². The first kappa shape index (κ1) is 18.2. The number of fused-ring (bicyclic) bond motifs is 1. The molecule has 1 aliphatic rings. The number of hydrogen-bond donors (Lipinski definition) is 2. The zero-order valence-corrected chi connectivity index (χ0v) is 16.1. The van der Waals surface area contributed by atoms with Crippen LogP contribution in [0.5, 0.6) is 5.75 Å². The number of ether oxygens (including phenoxy) is 1. The molecular formula is C21H19N3O3S. The van der Waals surface area contributed by atoms with Crippen LogP contribution in [0.1, 0.15) is 28.2 Å². The maximum atomic E-state index is 12.5. The molecule has 0 spiro atoms. The van der Waals surface area contributed by atoms with Gasteiger partial charge in [-0.2, -0.15) is 0 Å². The lowest BCUT2D eigenvalue weighted by Crippen LogP contribution is -2.26. The monoisotopic (exact) mass is 393 g/mol. The van der Waals surface area contributed by atoms with E-state index >= 15 is 0 Å². The third-order valence-corrected chi connectivity index (χ3v) is 5.33. The van der Waals surface area contributed by atoms with Gasteiger partial charge in [0.15, 0.2) is 0 Å². The van der Waals surface area contributed by atoms with Crippen molar-refractivity contribution in [2.75, 3.05) is 12.4 Å². The number of carbonyl (C=O) groups is 2. The van der Waals surface area contributed by atoms with E-state index in [4.69, 9.17) is 4.74 Å². The normalized spacial score (nSPS) is 13.6. The molecule has 1 saturated carbocycles. The molecule has 28 heavy (non-hydrogen) atoms. The largest absolute Gasteiger partial charge is 0.497 e. The van der Waals surface area contributed by atoms with Crippen LogP contribution in [0.3, 0.4) is 0 Å². The average Bonchev–Trinajstić information content (AvgIpc) is 3.41. The molecule has 0 atom stereocenters. The van der Waals surface area contributed by atoms with Gasteiger partial charge in [0, 0.05) is 12.1 Å². The quantitative estimate of drug-likeness (QED) is 0.624. The number of nitrogens with one attached hydrogen (secondary N) is 2. The Kier molecular flexibility index (Phi) is 5.08. The van der Waals surface area contributed by atoms with Crippen LogP contribution in [0.4, 0.5) is 5.69 Å². The second kappa shape index (κ2) is 7.82. The molecule has 2 amide bonds.